The average Bonchev–Trinajstić information content (AvgIpc) is 3.12. The summed E-state index contributed by atoms with van der Waals surface area (Å²) in [5.74, 6) is 0.113. The highest BCUT2D eigenvalue weighted by Crippen LogP contribution is 2.43. The first-order valence-corrected chi connectivity index (χ1v) is 12.0. The predicted octanol–water partition coefficient (Wildman–Crippen LogP) is 5.97. The lowest BCUT2D eigenvalue weighted by Crippen LogP contribution is -2.29. The molecule has 1 aliphatic heterocycles. The smallest absolute Gasteiger partial charge is 0.300 e. The number of Topliss-reactive ketones (excluding diaryl/α,β-unsaturated/α-hetero) is 1. The summed E-state index contributed by atoms with van der Waals surface area (Å²) >= 11 is 0. The molecule has 0 aliphatic carbocycles. The van der Waals surface area contributed by atoms with Crippen molar-refractivity contribution in [1.82, 2.24) is 0 Å². The molecule has 1 atom stereocenters. The van der Waals surface area contributed by atoms with Crippen LogP contribution in [0.3, 0.4) is 0 Å². The first-order valence-electron chi connectivity index (χ1n) is 12.0. The molecule has 0 bridgehead atoms. The van der Waals surface area contributed by atoms with E-state index in [1.54, 1.807) is 31.4 Å². The van der Waals surface area contributed by atoms with Crippen molar-refractivity contribution in [1.29, 1.82) is 0 Å². The van der Waals surface area contributed by atoms with Crippen LogP contribution in [0.4, 0.5) is 5.69 Å². The highest BCUT2D eigenvalue weighted by Gasteiger charge is 2.47. The molecule has 1 saturated heterocycles. The predicted molar refractivity (Wildman–Crippen MR) is 140 cm³/mol. The molecule has 1 unspecified atom stereocenters. The van der Waals surface area contributed by atoms with Crippen LogP contribution in [-0.2, 0) is 9.59 Å². The number of rotatable bonds is 7. The summed E-state index contributed by atoms with van der Waals surface area (Å²) in [6.45, 7) is 8.51. The topological polar surface area (TPSA) is 76.1 Å². The SMILES string of the molecule is COc1ccc(/C(O)=C2/C(=O)C(=O)N(c3cccc(C)c3)C2c2ccc(OCC(C)C)cc2)cc1C. The number of anilines is 1. The maximum atomic E-state index is 13.4. The van der Waals surface area contributed by atoms with Gasteiger partial charge in [0.15, 0.2) is 0 Å². The number of benzene rings is 3. The summed E-state index contributed by atoms with van der Waals surface area (Å²) in [6, 6.07) is 19.1. The molecule has 3 aromatic carbocycles. The fraction of sp³-hybridized carbons (Fsp3) is 0.267. The first kappa shape index (κ1) is 25.0. The van der Waals surface area contributed by atoms with Crippen molar-refractivity contribution in [2.45, 2.75) is 33.7 Å². The van der Waals surface area contributed by atoms with Crippen molar-refractivity contribution in [3.05, 3.63) is 94.6 Å². The van der Waals surface area contributed by atoms with Gasteiger partial charge in [-0.2, -0.15) is 0 Å². The number of carbonyl (C=O) groups excluding carboxylic acids is 2. The van der Waals surface area contributed by atoms with Gasteiger partial charge in [0.2, 0.25) is 0 Å². The number of ketones is 1. The molecule has 186 valence electrons. The number of nitrogens with zero attached hydrogens (tertiary/aromatic N) is 1. The minimum Gasteiger partial charge on any atom is -0.507 e. The van der Waals surface area contributed by atoms with Gasteiger partial charge in [-0.1, -0.05) is 38.1 Å². The molecular weight excluding hydrogens is 454 g/mol. The molecule has 4 rings (SSSR count). The second-order valence-electron chi connectivity index (χ2n) is 9.47. The van der Waals surface area contributed by atoms with Gasteiger partial charge < -0.3 is 14.6 Å². The molecule has 6 nitrogen and oxygen atoms in total. The first-order chi connectivity index (χ1) is 17.2. The summed E-state index contributed by atoms with van der Waals surface area (Å²) in [5.41, 5.74) is 3.53. The van der Waals surface area contributed by atoms with E-state index in [0.29, 0.717) is 40.8 Å². The number of ether oxygens (including phenoxy) is 2. The number of hydrogen-bond acceptors (Lipinski definition) is 5. The van der Waals surface area contributed by atoms with Crippen molar-refractivity contribution in [2.75, 3.05) is 18.6 Å². The highest BCUT2D eigenvalue weighted by molar-refractivity contribution is 6.51. The molecule has 3 aromatic rings. The maximum absolute atomic E-state index is 13.4. The summed E-state index contributed by atoms with van der Waals surface area (Å²) < 4.78 is 11.1. The highest BCUT2D eigenvalue weighted by atomic mass is 16.5. The Bertz CT molecular complexity index is 1320. The number of aliphatic hydroxyl groups is 1. The largest absolute Gasteiger partial charge is 0.507 e. The third-order valence-corrected chi connectivity index (χ3v) is 6.17. The zero-order valence-electron chi connectivity index (χ0n) is 21.2. The van der Waals surface area contributed by atoms with Gasteiger partial charge in [-0.3, -0.25) is 14.5 Å². The number of carbonyl (C=O) groups is 2. The van der Waals surface area contributed by atoms with Crippen LogP contribution in [0.25, 0.3) is 5.76 Å². The Hall–Kier alpha value is -4.06. The Morgan fingerprint density at radius 3 is 2.33 bits per heavy atom. The number of aliphatic hydroxyl groups excluding tert-OH is 1. The molecular formula is C30H31NO5. The Balaban J connectivity index is 1.86. The van der Waals surface area contributed by atoms with Crippen molar-refractivity contribution in [3.63, 3.8) is 0 Å². The van der Waals surface area contributed by atoms with Gasteiger partial charge in [-0.25, -0.2) is 0 Å². The lowest BCUT2D eigenvalue weighted by atomic mass is 9.94. The van der Waals surface area contributed by atoms with E-state index >= 15 is 0 Å². The molecule has 1 heterocycles. The van der Waals surface area contributed by atoms with Gasteiger partial charge >= 0.3 is 0 Å². The molecule has 1 amide bonds. The standard InChI is InChI=1S/C30H31NO5/c1-18(2)17-36-24-12-9-21(10-13-24)27-26(28(32)22-11-14-25(35-5)20(4)16-22)29(33)30(34)31(27)23-8-6-7-19(3)15-23/h6-16,18,27,32H,17H2,1-5H3/b28-26-. The van der Waals surface area contributed by atoms with Crippen LogP contribution in [0.15, 0.2) is 72.3 Å². The van der Waals surface area contributed by atoms with Crippen molar-refractivity contribution < 1.29 is 24.2 Å². The molecule has 0 spiro atoms. The molecule has 1 N–H and O–H groups in total. The zero-order valence-corrected chi connectivity index (χ0v) is 21.2. The molecule has 1 aliphatic rings. The zero-order chi connectivity index (χ0) is 26.0. The van der Waals surface area contributed by atoms with Crippen LogP contribution in [0, 0.1) is 19.8 Å². The Labute approximate surface area is 211 Å². The van der Waals surface area contributed by atoms with Crippen LogP contribution in [0.1, 0.15) is 42.1 Å². The van der Waals surface area contributed by atoms with E-state index in [2.05, 4.69) is 13.8 Å². The fourth-order valence-electron chi connectivity index (χ4n) is 4.38. The molecule has 1 fully saturated rings. The molecule has 0 aromatic heterocycles. The van der Waals surface area contributed by atoms with Gasteiger partial charge in [0.25, 0.3) is 11.7 Å². The minimum absolute atomic E-state index is 0.0434. The fourth-order valence-corrected chi connectivity index (χ4v) is 4.38. The Morgan fingerprint density at radius 1 is 1.00 bits per heavy atom. The van der Waals surface area contributed by atoms with Crippen LogP contribution < -0.4 is 14.4 Å². The third-order valence-electron chi connectivity index (χ3n) is 6.17. The molecule has 36 heavy (non-hydrogen) atoms. The normalized spacial score (nSPS) is 17.1. The van der Waals surface area contributed by atoms with Gasteiger partial charge in [-0.15, -0.1) is 0 Å². The second kappa shape index (κ2) is 10.3. The van der Waals surface area contributed by atoms with E-state index in [0.717, 1.165) is 11.1 Å². The van der Waals surface area contributed by atoms with E-state index < -0.39 is 17.7 Å². The van der Waals surface area contributed by atoms with Crippen LogP contribution in [-0.4, -0.2) is 30.5 Å². The quantitative estimate of drug-likeness (QED) is 0.253. The van der Waals surface area contributed by atoms with Gasteiger partial charge in [0.1, 0.15) is 17.3 Å². The van der Waals surface area contributed by atoms with E-state index in [4.69, 9.17) is 9.47 Å². The van der Waals surface area contributed by atoms with E-state index in [1.165, 1.54) is 4.90 Å². The van der Waals surface area contributed by atoms with Gasteiger partial charge in [0.05, 0.1) is 25.3 Å². The second-order valence-corrected chi connectivity index (χ2v) is 9.47. The van der Waals surface area contributed by atoms with E-state index in [9.17, 15) is 14.7 Å². The summed E-state index contributed by atoms with van der Waals surface area (Å²) in [6.07, 6.45) is 0. The van der Waals surface area contributed by atoms with Crippen molar-refractivity contribution in [3.8, 4) is 11.5 Å². The monoisotopic (exact) mass is 485 g/mol. The average molecular weight is 486 g/mol. The summed E-state index contributed by atoms with van der Waals surface area (Å²) in [4.78, 5) is 28.2. The number of hydrogen-bond donors (Lipinski definition) is 1. The van der Waals surface area contributed by atoms with Crippen LogP contribution >= 0.6 is 0 Å². The molecule has 0 saturated carbocycles. The van der Waals surface area contributed by atoms with E-state index in [1.807, 2.05) is 56.3 Å². The molecule has 0 radical (unpaired) electrons. The number of aryl methyl sites for hydroxylation is 2. The number of amides is 1. The lowest BCUT2D eigenvalue weighted by Gasteiger charge is -2.26. The van der Waals surface area contributed by atoms with Gasteiger partial charge in [-0.05, 0) is 78.9 Å². The summed E-state index contributed by atoms with van der Waals surface area (Å²) in [5, 5.41) is 11.4. The maximum Gasteiger partial charge on any atom is 0.300 e. The van der Waals surface area contributed by atoms with Crippen molar-refractivity contribution in [2.24, 2.45) is 5.92 Å². The minimum atomic E-state index is -0.798. The van der Waals surface area contributed by atoms with Gasteiger partial charge in [0, 0.05) is 11.3 Å². The van der Waals surface area contributed by atoms with Crippen molar-refractivity contribution >= 4 is 23.1 Å². The van der Waals surface area contributed by atoms with Crippen LogP contribution in [0.2, 0.25) is 0 Å². The third kappa shape index (κ3) is 4.85. The number of methoxy groups -OCH3 is 1. The van der Waals surface area contributed by atoms with Crippen LogP contribution in [0.5, 0.6) is 11.5 Å². The van der Waals surface area contributed by atoms with E-state index in [-0.39, 0.29) is 11.3 Å². The summed E-state index contributed by atoms with van der Waals surface area (Å²) in [7, 11) is 1.57. The lowest BCUT2D eigenvalue weighted by molar-refractivity contribution is -0.132. The Morgan fingerprint density at radius 2 is 1.72 bits per heavy atom. The Kier molecular flexibility index (Phi) is 7.15. The molecule has 6 heteroatoms.